The summed E-state index contributed by atoms with van der Waals surface area (Å²) in [5, 5.41) is 0.387. The molecule has 7 heteroatoms. The number of hydrogen-bond acceptors (Lipinski definition) is 3. The van der Waals surface area contributed by atoms with E-state index in [9.17, 15) is 4.39 Å². The molecule has 0 unspecified atom stereocenters. The van der Waals surface area contributed by atoms with Crippen LogP contribution in [-0.2, 0) is 0 Å². The van der Waals surface area contributed by atoms with Crippen LogP contribution in [0.1, 0.15) is 0 Å². The summed E-state index contributed by atoms with van der Waals surface area (Å²) in [5.74, 6) is -0.931. The normalized spacial score (nSPS) is 10.5. The Morgan fingerprint density at radius 3 is 2.37 bits per heavy atom. The summed E-state index contributed by atoms with van der Waals surface area (Å²) in [7, 11) is 0. The lowest BCUT2D eigenvalue weighted by Gasteiger charge is -2.13. The lowest BCUT2D eigenvalue weighted by Crippen LogP contribution is -2.00. The van der Waals surface area contributed by atoms with E-state index in [0.717, 1.165) is 0 Å². The minimum atomic E-state index is -0.852. The fraction of sp³-hybridized carbons (Fsp3) is 0. The van der Waals surface area contributed by atoms with Gasteiger partial charge in [0, 0.05) is 11.1 Å². The molecule has 0 bridgehead atoms. The van der Waals surface area contributed by atoms with Gasteiger partial charge in [-0.1, -0.05) is 34.8 Å². The molecule has 0 atom stereocenters. The maximum Gasteiger partial charge on any atom is 0.188 e. The molecule has 100 valence electrons. The summed E-state index contributed by atoms with van der Waals surface area (Å²) in [6.45, 7) is 0. The highest BCUT2D eigenvalue weighted by Gasteiger charge is 2.17. The highest BCUT2D eigenvalue weighted by Crippen LogP contribution is 2.40. The molecule has 0 saturated carbocycles. The molecule has 0 spiro atoms. The first-order valence-electron chi connectivity index (χ1n) is 5.06. The maximum atomic E-state index is 13.9. The predicted octanol–water partition coefficient (Wildman–Crippen LogP) is 4.74. The van der Waals surface area contributed by atoms with Gasteiger partial charge in [-0.2, -0.15) is 0 Å². The number of anilines is 2. The van der Waals surface area contributed by atoms with Crippen molar-refractivity contribution >= 4 is 46.2 Å². The first-order valence-corrected chi connectivity index (χ1v) is 6.19. The summed E-state index contributed by atoms with van der Waals surface area (Å²) < 4.78 is 19.3. The van der Waals surface area contributed by atoms with E-state index in [0.29, 0.717) is 5.02 Å². The van der Waals surface area contributed by atoms with Gasteiger partial charge in [0.25, 0.3) is 0 Å². The number of benzene rings is 2. The molecule has 0 aliphatic carbocycles. The van der Waals surface area contributed by atoms with Crippen LogP contribution in [0, 0.1) is 5.82 Å². The van der Waals surface area contributed by atoms with Gasteiger partial charge in [0.15, 0.2) is 11.6 Å². The van der Waals surface area contributed by atoms with Gasteiger partial charge in [0.05, 0.1) is 16.4 Å². The minimum absolute atomic E-state index is 0.00967. The molecular formula is C12H8Cl3FN2O. The second-order valence-corrected chi connectivity index (χ2v) is 4.91. The summed E-state index contributed by atoms with van der Waals surface area (Å²) in [6, 6.07) is 5.84. The smallest absolute Gasteiger partial charge is 0.188 e. The molecule has 2 aromatic rings. The topological polar surface area (TPSA) is 61.3 Å². The van der Waals surface area contributed by atoms with Crippen molar-refractivity contribution in [1.82, 2.24) is 0 Å². The fourth-order valence-corrected chi connectivity index (χ4v) is 1.88. The van der Waals surface area contributed by atoms with Crippen LogP contribution in [0.25, 0.3) is 0 Å². The Morgan fingerprint density at radius 2 is 1.68 bits per heavy atom. The van der Waals surface area contributed by atoms with Gasteiger partial charge in [-0.05, 0) is 18.2 Å². The van der Waals surface area contributed by atoms with Gasteiger partial charge in [0.1, 0.15) is 10.8 Å². The summed E-state index contributed by atoms with van der Waals surface area (Å²) >= 11 is 17.4. The molecule has 0 fully saturated rings. The molecule has 0 saturated heterocycles. The predicted molar refractivity (Wildman–Crippen MR) is 76.8 cm³/mol. The molecule has 0 heterocycles. The molecule has 0 aliphatic rings. The van der Waals surface area contributed by atoms with Crippen molar-refractivity contribution < 1.29 is 9.13 Å². The SMILES string of the molecule is Nc1cc(N)c(Oc2cc(Cl)ccc2Cl)c(F)c1Cl. The maximum absolute atomic E-state index is 13.9. The van der Waals surface area contributed by atoms with Gasteiger partial charge >= 0.3 is 0 Å². The molecule has 2 rings (SSSR count). The van der Waals surface area contributed by atoms with Crippen LogP contribution in [0.5, 0.6) is 11.5 Å². The Balaban J connectivity index is 2.49. The van der Waals surface area contributed by atoms with Gasteiger partial charge in [-0.3, -0.25) is 0 Å². The Morgan fingerprint density at radius 1 is 1.00 bits per heavy atom. The second-order valence-electron chi connectivity index (χ2n) is 3.69. The molecular weight excluding hydrogens is 314 g/mol. The zero-order valence-corrected chi connectivity index (χ0v) is 11.7. The molecule has 0 aromatic heterocycles. The van der Waals surface area contributed by atoms with Crippen LogP contribution >= 0.6 is 34.8 Å². The number of nitrogen functional groups attached to an aromatic ring is 2. The first kappa shape index (κ1) is 14.1. The molecule has 4 N–H and O–H groups in total. The van der Waals surface area contributed by atoms with E-state index in [-0.39, 0.29) is 32.9 Å². The molecule has 0 radical (unpaired) electrons. The largest absolute Gasteiger partial charge is 0.450 e. The number of halogens is 4. The summed E-state index contributed by atoms with van der Waals surface area (Å²) in [4.78, 5) is 0. The fourth-order valence-electron chi connectivity index (χ4n) is 1.42. The average Bonchev–Trinajstić information content (AvgIpc) is 2.36. The molecule has 0 amide bonds. The molecule has 0 aliphatic heterocycles. The molecule has 2 aromatic carbocycles. The Labute approximate surface area is 123 Å². The lowest BCUT2D eigenvalue weighted by atomic mass is 10.2. The van der Waals surface area contributed by atoms with Crippen molar-refractivity contribution in [2.45, 2.75) is 0 Å². The van der Waals surface area contributed by atoms with Crippen molar-refractivity contribution in [3.63, 3.8) is 0 Å². The lowest BCUT2D eigenvalue weighted by molar-refractivity contribution is 0.445. The van der Waals surface area contributed by atoms with E-state index in [4.69, 9.17) is 51.0 Å². The van der Waals surface area contributed by atoms with Crippen LogP contribution in [0.3, 0.4) is 0 Å². The highest BCUT2D eigenvalue weighted by molar-refractivity contribution is 6.34. The van der Waals surface area contributed by atoms with Gasteiger partial charge in [0.2, 0.25) is 0 Å². The van der Waals surface area contributed by atoms with Crippen LogP contribution in [0.2, 0.25) is 15.1 Å². The Hall–Kier alpha value is -1.36. The van der Waals surface area contributed by atoms with E-state index in [1.165, 1.54) is 18.2 Å². The van der Waals surface area contributed by atoms with E-state index in [1.54, 1.807) is 6.07 Å². The third-order valence-corrected chi connectivity index (χ3v) is 3.26. The summed E-state index contributed by atoms with van der Waals surface area (Å²) in [6.07, 6.45) is 0. The quantitative estimate of drug-likeness (QED) is 0.785. The van der Waals surface area contributed by atoms with Crippen molar-refractivity contribution in [2.24, 2.45) is 0 Å². The van der Waals surface area contributed by atoms with Gasteiger partial charge in [-0.15, -0.1) is 0 Å². The van der Waals surface area contributed by atoms with Gasteiger partial charge < -0.3 is 16.2 Å². The zero-order valence-electron chi connectivity index (χ0n) is 9.38. The van der Waals surface area contributed by atoms with Crippen molar-refractivity contribution in [2.75, 3.05) is 11.5 Å². The van der Waals surface area contributed by atoms with Crippen LogP contribution in [0.4, 0.5) is 15.8 Å². The van der Waals surface area contributed by atoms with E-state index in [1.807, 2.05) is 0 Å². The van der Waals surface area contributed by atoms with E-state index >= 15 is 0 Å². The monoisotopic (exact) mass is 320 g/mol. The number of rotatable bonds is 2. The third-order valence-electron chi connectivity index (χ3n) is 2.32. The molecule has 3 nitrogen and oxygen atoms in total. The number of nitrogens with two attached hydrogens (primary N) is 2. The zero-order chi connectivity index (χ0) is 14.2. The molecule has 19 heavy (non-hydrogen) atoms. The summed E-state index contributed by atoms with van der Waals surface area (Å²) in [5.41, 5.74) is 11.2. The van der Waals surface area contributed by atoms with Crippen molar-refractivity contribution in [3.8, 4) is 11.5 Å². The minimum Gasteiger partial charge on any atom is -0.450 e. The van der Waals surface area contributed by atoms with Crippen molar-refractivity contribution in [1.29, 1.82) is 0 Å². The van der Waals surface area contributed by atoms with Crippen LogP contribution in [0.15, 0.2) is 24.3 Å². The van der Waals surface area contributed by atoms with Crippen LogP contribution in [-0.4, -0.2) is 0 Å². The van der Waals surface area contributed by atoms with Crippen molar-refractivity contribution in [3.05, 3.63) is 45.2 Å². The Kier molecular flexibility index (Phi) is 3.94. The van der Waals surface area contributed by atoms with E-state index < -0.39 is 5.82 Å². The highest BCUT2D eigenvalue weighted by atomic mass is 35.5. The van der Waals surface area contributed by atoms with Gasteiger partial charge in [-0.25, -0.2) is 4.39 Å². The number of hydrogen-bond donors (Lipinski definition) is 2. The number of ether oxygens (including phenoxy) is 1. The van der Waals surface area contributed by atoms with E-state index in [2.05, 4.69) is 0 Å². The first-order chi connectivity index (χ1) is 8.90. The third kappa shape index (κ3) is 2.81. The average molecular weight is 322 g/mol. The Bertz CT molecular complexity index is 649. The second kappa shape index (κ2) is 5.33. The van der Waals surface area contributed by atoms with Crippen LogP contribution < -0.4 is 16.2 Å². The standard InChI is InChI=1S/C12H8Cl3FN2O/c13-5-1-2-6(14)9(3-5)19-12-8(18)4-7(17)10(15)11(12)16/h1-4H,17-18H2.